The van der Waals surface area contributed by atoms with Crippen LogP contribution < -0.4 is 10.5 Å². The van der Waals surface area contributed by atoms with Crippen LogP contribution in [-0.2, 0) is 6.42 Å². The number of nitrogens with two attached hydrogens (primary N) is 1. The Labute approximate surface area is 136 Å². The fourth-order valence-electron chi connectivity index (χ4n) is 2.19. The fraction of sp³-hybridized carbons (Fsp3) is 0.250. The van der Waals surface area contributed by atoms with E-state index in [1.54, 1.807) is 7.11 Å². The first-order chi connectivity index (χ1) is 9.51. The standard InChI is InChI=1S/C16H17Br2NO/c1-10-3-4-12(17)9-14(10)16(19)8-11-7-13(20-2)5-6-15(11)18/h3-7,9,16H,8,19H2,1-2H3. The van der Waals surface area contributed by atoms with Crippen molar-refractivity contribution in [2.24, 2.45) is 5.73 Å². The average Bonchev–Trinajstić information content (AvgIpc) is 2.43. The Kier molecular flexibility index (Phi) is 5.24. The van der Waals surface area contributed by atoms with Crippen LogP contribution in [0.15, 0.2) is 45.3 Å². The van der Waals surface area contributed by atoms with Crippen LogP contribution in [0.2, 0.25) is 0 Å². The van der Waals surface area contributed by atoms with Gasteiger partial charge in [0.05, 0.1) is 7.11 Å². The maximum Gasteiger partial charge on any atom is 0.119 e. The minimum Gasteiger partial charge on any atom is -0.497 e. The first-order valence-corrected chi connectivity index (χ1v) is 7.94. The molecule has 0 fully saturated rings. The molecule has 0 aliphatic heterocycles. The van der Waals surface area contributed by atoms with E-state index in [0.717, 1.165) is 32.2 Å². The van der Waals surface area contributed by atoms with E-state index >= 15 is 0 Å². The van der Waals surface area contributed by atoms with Crippen molar-refractivity contribution in [3.63, 3.8) is 0 Å². The maximum atomic E-state index is 6.37. The summed E-state index contributed by atoms with van der Waals surface area (Å²) in [5.41, 5.74) is 9.89. The number of hydrogen-bond acceptors (Lipinski definition) is 2. The summed E-state index contributed by atoms with van der Waals surface area (Å²) in [6.45, 7) is 2.09. The molecule has 2 aromatic carbocycles. The largest absolute Gasteiger partial charge is 0.497 e. The molecule has 1 unspecified atom stereocenters. The van der Waals surface area contributed by atoms with Crippen LogP contribution in [-0.4, -0.2) is 7.11 Å². The Hall–Kier alpha value is -0.840. The summed E-state index contributed by atoms with van der Waals surface area (Å²) < 4.78 is 7.38. The lowest BCUT2D eigenvalue weighted by Crippen LogP contribution is -2.15. The zero-order chi connectivity index (χ0) is 14.7. The Balaban J connectivity index is 2.27. The molecule has 0 bridgehead atoms. The Morgan fingerprint density at radius 1 is 1.15 bits per heavy atom. The number of benzene rings is 2. The first kappa shape index (κ1) is 15.5. The van der Waals surface area contributed by atoms with Crippen molar-refractivity contribution < 1.29 is 4.74 Å². The van der Waals surface area contributed by atoms with Crippen molar-refractivity contribution >= 4 is 31.9 Å². The molecule has 0 heterocycles. The third-order valence-corrected chi connectivity index (χ3v) is 4.60. The molecule has 4 heteroatoms. The second kappa shape index (κ2) is 6.74. The van der Waals surface area contributed by atoms with Crippen LogP contribution in [0.4, 0.5) is 0 Å². The highest BCUT2D eigenvalue weighted by Gasteiger charge is 2.13. The highest BCUT2D eigenvalue weighted by Crippen LogP contribution is 2.28. The number of ether oxygens (including phenoxy) is 1. The summed E-state index contributed by atoms with van der Waals surface area (Å²) in [6.07, 6.45) is 0.759. The molecule has 0 saturated heterocycles. The van der Waals surface area contributed by atoms with Gasteiger partial charge in [0.2, 0.25) is 0 Å². The van der Waals surface area contributed by atoms with E-state index in [9.17, 15) is 0 Å². The van der Waals surface area contributed by atoms with Crippen LogP contribution in [0.25, 0.3) is 0 Å². The van der Waals surface area contributed by atoms with Crippen molar-refractivity contribution in [2.75, 3.05) is 7.11 Å². The maximum absolute atomic E-state index is 6.37. The number of aryl methyl sites for hydroxylation is 1. The van der Waals surface area contributed by atoms with Crippen molar-refractivity contribution in [1.82, 2.24) is 0 Å². The molecule has 106 valence electrons. The van der Waals surface area contributed by atoms with E-state index in [4.69, 9.17) is 10.5 Å². The van der Waals surface area contributed by atoms with E-state index in [1.807, 2.05) is 24.3 Å². The molecule has 0 aliphatic rings. The average molecular weight is 399 g/mol. The van der Waals surface area contributed by atoms with Crippen molar-refractivity contribution in [2.45, 2.75) is 19.4 Å². The predicted molar refractivity (Wildman–Crippen MR) is 90.2 cm³/mol. The monoisotopic (exact) mass is 397 g/mol. The van der Waals surface area contributed by atoms with Crippen LogP contribution in [0, 0.1) is 6.92 Å². The topological polar surface area (TPSA) is 35.2 Å². The summed E-state index contributed by atoms with van der Waals surface area (Å²) in [4.78, 5) is 0. The van der Waals surface area contributed by atoms with E-state index in [-0.39, 0.29) is 6.04 Å². The molecule has 0 amide bonds. The molecule has 0 aromatic heterocycles. The molecule has 0 aliphatic carbocycles. The van der Waals surface area contributed by atoms with Gasteiger partial charge in [-0.2, -0.15) is 0 Å². The molecule has 2 rings (SSSR count). The van der Waals surface area contributed by atoms with Crippen molar-refractivity contribution in [1.29, 1.82) is 0 Å². The van der Waals surface area contributed by atoms with Gasteiger partial charge in [0.1, 0.15) is 5.75 Å². The van der Waals surface area contributed by atoms with Gasteiger partial charge in [0.25, 0.3) is 0 Å². The quantitative estimate of drug-likeness (QED) is 0.804. The van der Waals surface area contributed by atoms with Gasteiger partial charge >= 0.3 is 0 Å². The van der Waals surface area contributed by atoms with Gasteiger partial charge in [-0.25, -0.2) is 0 Å². The third-order valence-electron chi connectivity index (χ3n) is 3.33. The Morgan fingerprint density at radius 3 is 2.60 bits per heavy atom. The molecule has 0 radical (unpaired) electrons. The number of methoxy groups -OCH3 is 1. The zero-order valence-corrected chi connectivity index (χ0v) is 14.7. The van der Waals surface area contributed by atoms with Crippen LogP contribution >= 0.6 is 31.9 Å². The Bertz CT molecular complexity index is 613. The lowest BCUT2D eigenvalue weighted by Gasteiger charge is -2.17. The van der Waals surface area contributed by atoms with Gasteiger partial charge in [-0.3, -0.25) is 0 Å². The van der Waals surface area contributed by atoms with Crippen LogP contribution in [0.3, 0.4) is 0 Å². The van der Waals surface area contributed by atoms with E-state index in [0.29, 0.717) is 0 Å². The van der Waals surface area contributed by atoms with Gasteiger partial charge in [0.15, 0.2) is 0 Å². The van der Waals surface area contributed by atoms with Gasteiger partial charge in [-0.15, -0.1) is 0 Å². The van der Waals surface area contributed by atoms with E-state index < -0.39 is 0 Å². The summed E-state index contributed by atoms with van der Waals surface area (Å²) in [7, 11) is 1.67. The van der Waals surface area contributed by atoms with Crippen LogP contribution in [0.1, 0.15) is 22.7 Å². The van der Waals surface area contributed by atoms with Crippen LogP contribution in [0.5, 0.6) is 5.75 Å². The second-order valence-corrected chi connectivity index (χ2v) is 6.54. The zero-order valence-electron chi connectivity index (χ0n) is 11.5. The first-order valence-electron chi connectivity index (χ1n) is 6.35. The van der Waals surface area contributed by atoms with Gasteiger partial charge in [-0.1, -0.05) is 37.9 Å². The van der Waals surface area contributed by atoms with Gasteiger partial charge in [-0.05, 0) is 60.4 Å². The number of halogens is 2. The van der Waals surface area contributed by atoms with Gasteiger partial charge in [0, 0.05) is 15.0 Å². The molecule has 2 N–H and O–H groups in total. The molecule has 0 spiro atoms. The highest BCUT2D eigenvalue weighted by molar-refractivity contribution is 9.10. The SMILES string of the molecule is COc1ccc(Br)c(CC(N)c2cc(Br)ccc2C)c1. The minimum atomic E-state index is -0.0455. The number of hydrogen-bond donors (Lipinski definition) is 1. The summed E-state index contributed by atoms with van der Waals surface area (Å²) in [6, 6.07) is 12.1. The summed E-state index contributed by atoms with van der Waals surface area (Å²) in [5.74, 6) is 0.848. The van der Waals surface area contributed by atoms with E-state index in [2.05, 4.69) is 50.9 Å². The molecule has 2 aromatic rings. The summed E-state index contributed by atoms with van der Waals surface area (Å²) in [5, 5.41) is 0. The summed E-state index contributed by atoms with van der Waals surface area (Å²) >= 11 is 7.08. The molecule has 20 heavy (non-hydrogen) atoms. The molecule has 1 atom stereocenters. The van der Waals surface area contributed by atoms with E-state index in [1.165, 1.54) is 5.56 Å². The minimum absolute atomic E-state index is 0.0455. The lowest BCUT2D eigenvalue weighted by molar-refractivity contribution is 0.414. The smallest absolute Gasteiger partial charge is 0.119 e. The Morgan fingerprint density at radius 2 is 1.90 bits per heavy atom. The normalized spacial score (nSPS) is 12.2. The van der Waals surface area contributed by atoms with Crippen molar-refractivity contribution in [3.8, 4) is 5.75 Å². The number of rotatable bonds is 4. The molecular formula is C16H17Br2NO. The van der Waals surface area contributed by atoms with Crippen molar-refractivity contribution in [3.05, 3.63) is 62.0 Å². The second-order valence-electron chi connectivity index (χ2n) is 4.77. The molecule has 2 nitrogen and oxygen atoms in total. The van der Waals surface area contributed by atoms with Gasteiger partial charge < -0.3 is 10.5 Å². The predicted octanol–water partition coefficient (Wildman–Crippen LogP) is 4.77. The fourth-order valence-corrected chi connectivity index (χ4v) is 2.98. The highest BCUT2D eigenvalue weighted by atomic mass is 79.9. The molecule has 0 saturated carbocycles. The third kappa shape index (κ3) is 3.62. The lowest BCUT2D eigenvalue weighted by atomic mass is 9.96. The molecular weight excluding hydrogens is 382 g/mol.